The first-order valence-corrected chi connectivity index (χ1v) is 8.70. The summed E-state index contributed by atoms with van der Waals surface area (Å²) in [7, 11) is -5.72. The number of aromatic nitrogens is 1. The molecule has 11 heteroatoms. The van der Waals surface area contributed by atoms with Crippen LogP contribution in [-0.2, 0) is 9.84 Å². The van der Waals surface area contributed by atoms with Crippen molar-refractivity contribution >= 4 is 26.4 Å². The third kappa shape index (κ3) is 3.53. The molecule has 3 aromatic rings. The molecule has 0 amide bonds. The van der Waals surface area contributed by atoms with Gasteiger partial charge in [0.1, 0.15) is 5.75 Å². The van der Waals surface area contributed by atoms with Gasteiger partial charge in [0.25, 0.3) is 9.84 Å². The van der Waals surface area contributed by atoms with Crippen molar-refractivity contribution in [2.24, 2.45) is 0 Å². The summed E-state index contributed by atoms with van der Waals surface area (Å²) in [6.45, 7) is 0. The Bertz CT molecular complexity index is 1150. The quantitative estimate of drug-likeness (QED) is 0.482. The van der Waals surface area contributed by atoms with Gasteiger partial charge in [-0.15, -0.1) is 0 Å². The van der Waals surface area contributed by atoms with Crippen LogP contribution in [0.5, 0.6) is 11.5 Å². The Labute approximate surface area is 150 Å². The minimum atomic E-state index is -5.72. The predicted octanol–water partition coefficient (Wildman–Crippen LogP) is 4.23. The summed E-state index contributed by atoms with van der Waals surface area (Å²) in [5, 5.41) is 11.9. The number of halogens is 3. The highest BCUT2D eigenvalue weighted by atomic mass is 32.2. The van der Waals surface area contributed by atoms with Crippen LogP contribution in [0.4, 0.5) is 18.9 Å². The van der Waals surface area contributed by atoms with E-state index in [1.165, 1.54) is 12.1 Å². The molecule has 0 aliphatic rings. The number of nitro benzene ring substituents is 1. The Morgan fingerprint density at radius 3 is 2.48 bits per heavy atom. The number of rotatable bonds is 4. The average Bonchev–Trinajstić information content (AvgIpc) is 2.60. The van der Waals surface area contributed by atoms with E-state index in [0.29, 0.717) is 23.0 Å². The zero-order chi connectivity index (χ0) is 19.8. The molecule has 27 heavy (non-hydrogen) atoms. The summed E-state index contributed by atoms with van der Waals surface area (Å²) < 4.78 is 66.2. The van der Waals surface area contributed by atoms with Gasteiger partial charge in [0.15, 0.2) is 0 Å². The zero-order valence-corrected chi connectivity index (χ0v) is 14.0. The van der Waals surface area contributed by atoms with Gasteiger partial charge in [0.2, 0.25) is 5.75 Å². The van der Waals surface area contributed by atoms with Crippen molar-refractivity contribution in [3.63, 3.8) is 0 Å². The maximum Gasteiger partial charge on any atom is 0.501 e. The van der Waals surface area contributed by atoms with Gasteiger partial charge in [0, 0.05) is 17.6 Å². The lowest BCUT2D eigenvalue weighted by atomic mass is 10.2. The van der Waals surface area contributed by atoms with Crippen molar-refractivity contribution in [3.05, 3.63) is 64.8 Å². The third-order valence-corrected chi connectivity index (χ3v) is 5.03. The fourth-order valence-electron chi connectivity index (χ4n) is 2.27. The molecule has 0 unspecified atom stereocenters. The fourth-order valence-corrected chi connectivity index (χ4v) is 3.05. The molecular weight excluding hydrogens is 389 g/mol. The van der Waals surface area contributed by atoms with E-state index >= 15 is 0 Å². The molecule has 140 valence electrons. The molecule has 0 spiro atoms. The first-order valence-electron chi connectivity index (χ1n) is 7.22. The number of hydrogen-bond donors (Lipinski definition) is 0. The molecule has 7 nitrogen and oxygen atoms in total. The second-order valence-corrected chi connectivity index (χ2v) is 7.24. The lowest BCUT2D eigenvalue weighted by molar-refractivity contribution is -0.385. The molecule has 0 saturated heterocycles. The molecule has 0 fully saturated rings. The number of ether oxygens (including phenoxy) is 1. The Kier molecular flexibility index (Phi) is 4.47. The molecular formula is C16H9F3N2O5S. The van der Waals surface area contributed by atoms with Crippen molar-refractivity contribution in [1.29, 1.82) is 0 Å². The maximum atomic E-state index is 12.7. The standard InChI is InChI=1S/C16H9F3N2O5S/c17-16(18,19)27(24,25)12-4-6-15(14(9-12)21(22)23)26-11-3-5-13-10(8-11)2-1-7-20-13/h1-9H. The van der Waals surface area contributed by atoms with E-state index in [1.54, 1.807) is 24.4 Å². The SMILES string of the molecule is O=[N+]([O-])c1cc(S(=O)(=O)C(F)(F)F)ccc1Oc1ccc2ncccc2c1. The smallest absolute Gasteiger partial charge is 0.450 e. The molecule has 0 radical (unpaired) electrons. The van der Waals surface area contributed by atoms with Crippen LogP contribution in [0.1, 0.15) is 0 Å². The van der Waals surface area contributed by atoms with Crippen LogP contribution in [0.3, 0.4) is 0 Å². The van der Waals surface area contributed by atoms with Gasteiger partial charge < -0.3 is 4.74 Å². The normalized spacial score (nSPS) is 12.1. The van der Waals surface area contributed by atoms with E-state index in [-0.39, 0.29) is 5.75 Å². The number of alkyl halides is 3. The summed E-state index contributed by atoms with van der Waals surface area (Å²) in [5.41, 5.74) is -5.84. The highest BCUT2D eigenvalue weighted by molar-refractivity contribution is 7.92. The van der Waals surface area contributed by atoms with E-state index in [1.807, 2.05) is 0 Å². The average molecular weight is 398 g/mol. The maximum absolute atomic E-state index is 12.7. The van der Waals surface area contributed by atoms with Crippen LogP contribution in [0.15, 0.2) is 59.6 Å². The highest BCUT2D eigenvalue weighted by Crippen LogP contribution is 2.37. The van der Waals surface area contributed by atoms with Crippen molar-refractivity contribution in [2.75, 3.05) is 0 Å². The van der Waals surface area contributed by atoms with Crippen molar-refractivity contribution in [2.45, 2.75) is 10.4 Å². The zero-order valence-electron chi connectivity index (χ0n) is 13.2. The van der Waals surface area contributed by atoms with Gasteiger partial charge in [-0.25, -0.2) is 8.42 Å². The van der Waals surface area contributed by atoms with Gasteiger partial charge in [-0.05, 0) is 36.4 Å². The summed E-state index contributed by atoms with van der Waals surface area (Å²) in [6, 6.07) is 9.73. The molecule has 0 atom stereocenters. The molecule has 1 aromatic heterocycles. The number of nitro groups is 1. The lowest BCUT2D eigenvalue weighted by Gasteiger charge is -2.10. The van der Waals surface area contributed by atoms with Crippen LogP contribution in [0, 0.1) is 10.1 Å². The van der Waals surface area contributed by atoms with Crippen molar-refractivity contribution in [1.82, 2.24) is 4.98 Å². The van der Waals surface area contributed by atoms with E-state index in [9.17, 15) is 31.7 Å². The minimum Gasteiger partial charge on any atom is -0.450 e. The van der Waals surface area contributed by atoms with E-state index < -0.39 is 36.6 Å². The number of nitrogens with zero attached hydrogens (tertiary/aromatic N) is 2. The second kappa shape index (κ2) is 6.50. The van der Waals surface area contributed by atoms with Crippen LogP contribution in [0.25, 0.3) is 10.9 Å². The Hall–Kier alpha value is -3.21. The van der Waals surface area contributed by atoms with Crippen molar-refractivity contribution < 1.29 is 31.2 Å². The highest BCUT2D eigenvalue weighted by Gasteiger charge is 2.47. The summed E-state index contributed by atoms with van der Waals surface area (Å²) in [4.78, 5) is 13.0. The third-order valence-electron chi connectivity index (χ3n) is 3.54. The Morgan fingerprint density at radius 1 is 1.07 bits per heavy atom. The minimum absolute atomic E-state index is 0.171. The number of pyridine rings is 1. The fraction of sp³-hybridized carbons (Fsp3) is 0.0625. The molecule has 0 aliphatic carbocycles. The molecule has 2 aromatic carbocycles. The van der Waals surface area contributed by atoms with Crippen LogP contribution in [0.2, 0.25) is 0 Å². The summed E-state index contributed by atoms with van der Waals surface area (Å²) in [6.07, 6.45) is 1.58. The Morgan fingerprint density at radius 2 is 1.81 bits per heavy atom. The monoisotopic (exact) mass is 398 g/mol. The predicted molar refractivity (Wildman–Crippen MR) is 88.2 cm³/mol. The summed E-state index contributed by atoms with van der Waals surface area (Å²) in [5.74, 6) is -0.227. The van der Waals surface area contributed by atoms with Crippen LogP contribution < -0.4 is 4.74 Å². The van der Waals surface area contributed by atoms with Crippen LogP contribution in [-0.4, -0.2) is 23.8 Å². The number of fused-ring (bicyclic) bond motifs is 1. The van der Waals surface area contributed by atoms with E-state index in [0.717, 1.165) is 6.07 Å². The molecule has 1 heterocycles. The molecule has 0 aliphatic heterocycles. The van der Waals surface area contributed by atoms with Gasteiger partial charge in [-0.1, -0.05) is 6.07 Å². The lowest BCUT2D eigenvalue weighted by Crippen LogP contribution is -2.23. The number of sulfone groups is 1. The van der Waals surface area contributed by atoms with Crippen molar-refractivity contribution in [3.8, 4) is 11.5 Å². The number of hydrogen-bond acceptors (Lipinski definition) is 6. The van der Waals surface area contributed by atoms with Gasteiger partial charge in [-0.2, -0.15) is 13.2 Å². The van der Waals surface area contributed by atoms with Gasteiger partial charge in [0.05, 0.1) is 15.3 Å². The topological polar surface area (TPSA) is 99.4 Å². The number of benzene rings is 2. The van der Waals surface area contributed by atoms with E-state index in [2.05, 4.69) is 4.98 Å². The summed E-state index contributed by atoms with van der Waals surface area (Å²) >= 11 is 0. The molecule has 0 N–H and O–H groups in total. The van der Waals surface area contributed by atoms with E-state index in [4.69, 9.17) is 4.74 Å². The largest absolute Gasteiger partial charge is 0.501 e. The second-order valence-electron chi connectivity index (χ2n) is 5.30. The Balaban J connectivity index is 2.03. The first-order chi connectivity index (χ1) is 12.6. The van der Waals surface area contributed by atoms with Gasteiger partial charge in [-0.3, -0.25) is 15.1 Å². The molecule has 3 rings (SSSR count). The first kappa shape index (κ1) is 18.6. The van der Waals surface area contributed by atoms with Crippen LogP contribution >= 0.6 is 0 Å². The molecule has 0 saturated carbocycles. The molecule has 0 bridgehead atoms. The van der Waals surface area contributed by atoms with Gasteiger partial charge >= 0.3 is 11.2 Å².